The second kappa shape index (κ2) is 8.63. The molecule has 1 atom stereocenters. The maximum atomic E-state index is 12.6. The van der Waals surface area contributed by atoms with Crippen molar-refractivity contribution in [1.82, 2.24) is 5.32 Å². The van der Waals surface area contributed by atoms with Crippen LogP contribution in [-0.4, -0.2) is 25.2 Å². The second-order valence-corrected chi connectivity index (χ2v) is 8.29. The number of carbonyl (C=O) groups excluding carboxylic acids is 1. The Balaban J connectivity index is 1.42. The molecule has 0 saturated carbocycles. The van der Waals surface area contributed by atoms with Crippen LogP contribution < -0.4 is 10.9 Å². The summed E-state index contributed by atoms with van der Waals surface area (Å²) in [5, 5.41) is 4.72. The van der Waals surface area contributed by atoms with E-state index in [-0.39, 0.29) is 18.4 Å². The molecule has 0 spiro atoms. The number of ether oxygens (including phenoxy) is 1. The van der Waals surface area contributed by atoms with Crippen molar-refractivity contribution in [2.24, 2.45) is 0 Å². The number of nitrogens with one attached hydrogen (secondary N) is 1. The Morgan fingerprint density at radius 2 is 1.97 bits per heavy atom. The third-order valence-corrected chi connectivity index (χ3v) is 6.22. The van der Waals surface area contributed by atoms with E-state index < -0.39 is 5.63 Å². The van der Waals surface area contributed by atoms with Crippen LogP contribution in [-0.2, 0) is 16.0 Å². The van der Waals surface area contributed by atoms with Gasteiger partial charge < -0.3 is 18.9 Å². The van der Waals surface area contributed by atoms with Gasteiger partial charge in [0.05, 0.1) is 12.4 Å². The zero-order valence-electron chi connectivity index (χ0n) is 18.0. The number of benzene rings is 2. The molecular weight excluding hydrogens is 406 g/mol. The summed E-state index contributed by atoms with van der Waals surface area (Å²) in [6.07, 6.45) is 4.40. The minimum Gasteiger partial charge on any atom is -0.464 e. The number of fused-ring (bicyclic) bond motifs is 2. The van der Waals surface area contributed by atoms with Crippen molar-refractivity contribution in [2.75, 3.05) is 13.2 Å². The molecular formula is C26H25NO5. The summed E-state index contributed by atoms with van der Waals surface area (Å²) in [5.41, 5.74) is 4.17. The SMILES string of the molecule is Cc1c(CCC(=O)NC[C@@H]2CCCO2)c(=O)oc2cc3occ(-c4ccccc4)c3cc12. The van der Waals surface area contributed by atoms with Crippen molar-refractivity contribution in [2.45, 2.75) is 38.7 Å². The van der Waals surface area contributed by atoms with Gasteiger partial charge in [0.15, 0.2) is 0 Å². The van der Waals surface area contributed by atoms with Crippen LogP contribution in [0.15, 0.2) is 62.4 Å². The van der Waals surface area contributed by atoms with E-state index in [1.54, 1.807) is 12.3 Å². The highest BCUT2D eigenvalue weighted by Crippen LogP contribution is 2.34. The van der Waals surface area contributed by atoms with Crippen molar-refractivity contribution >= 4 is 27.8 Å². The number of amides is 1. The summed E-state index contributed by atoms with van der Waals surface area (Å²) in [5.74, 6) is -0.0870. The Morgan fingerprint density at radius 1 is 1.12 bits per heavy atom. The molecule has 1 N–H and O–H groups in total. The zero-order chi connectivity index (χ0) is 22.1. The normalized spacial score (nSPS) is 16.1. The quantitative estimate of drug-likeness (QED) is 0.446. The smallest absolute Gasteiger partial charge is 0.339 e. The van der Waals surface area contributed by atoms with E-state index in [0.29, 0.717) is 29.7 Å². The first-order chi connectivity index (χ1) is 15.6. The van der Waals surface area contributed by atoms with Crippen LogP contribution in [0.4, 0.5) is 0 Å². The van der Waals surface area contributed by atoms with Gasteiger partial charge in [-0.3, -0.25) is 4.79 Å². The molecule has 6 nitrogen and oxygen atoms in total. The van der Waals surface area contributed by atoms with E-state index in [4.69, 9.17) is 13.6 Å². The van der Waals surface area contributed by atoms with Crippen LogP contribution in [0.5, 0.6) is 0 Å². The lowest BCUT2D eigenvalue weighted by Gasteiger charge is -2.11. The van der Waals surface area contributed by atoms with Gasteiger partial charge in [-0.25, -0.2) is 4.79 Å². The van der Waals surface area contributed by atoms with E-state index >= 15 is 0 Å². The Labute approximate surface area is 185 Å². The zero-order valence-corrected chi connectivity index (χ0v) is 18.0. The molecule has 1 saturated heterocycles. The fourth-order valence-electron chi connectivity index (χ4n) is 4.40. The van der Waals surface area contributed by atoms with Gasteiger partial charge in [0, 0.05) is 47.5 Å². The largest absolute Gasteiger partial charge is 0.464 e. The molecule has 4 aromatic rings. The van der Waals surface area contributed by atoms with Crippen molar-refractivity contribution < 1.29 is 18.4 Å². The van der Waals surface area contributed by atoms with E-state index in [1.807, 2.05) is 43.3 Å². The molecule has 2 aromatic heterocycles. The maximum Gasteiger partial charge on any atom is 0.339 e. The summed E-state index contributed by atoms with van der Waals surface area (Å²) in [6.45, 7) is 3.19. The Morgan fingerprint density at radius 3 is 2.75 bits per heavy atom. The first kappa shape index (κ1) is 20.5. The van der Waals surface area contributed by atoms with Crippen LogP contribution in [0.1, 0.15) is 30.4 Å². The highest BCUT2D eigenvalue weighted by Gasteiger charge is 2.18. The predicted molar refractivity (Wildman–Crippen MR) is 123 cm³/mol. The van der Waals surface area contributed by atoms with E-state index in [9.17, 15) is 9.59 Å². The molecule has 1 amide bonds. The van der Waals surface area contributed by atoms with Crippen LogP contribution in [0.3, 0.4) is 0 Å². The number of aryl methyl sites for hydroxylation is 1. The number of rotatable bonds is 6. The predicted octanol–water partition coefficient (Wildman–Crippen LogP) is 4.74. The Bertz CT molecular complexity index is 1330. The van der Waals surface area contributed by atoms with Crippen LogP contribution in [0.2, 0.25) is 0 Å². The molecule has 5 rings (SSSR count). The topological polar surface area (TPSA) is 81.7 Å². The first-order valence-electron chi connectivity index (χ1n) is 11.0. The number of carbonyl (C=O) groups is 1. The summed E-state index contributed by atoms with van der Waals surface area (Å²) in [7, 11) is 0. The van der Waals surface area contributed by atoms with Crippen molar-refractivity contribution in [1.29, 1.82) is 0 Å². The number of furan rings is 1. The standard InChI is InChI=1S/C26H25NO5/c1-16-19(9-10-25(28)27-14-18-8-5-11-30-18)26(29)32-24-13-23-21(12-20(16)24)22(15-31-23)17-6-3-2-4-7-17/h2-4,6-7,12-13,15,18H,5,8-11,14H2,1H3,(H,27,28)/t18-/m0/s1. The average Bonchev–Trinajstić information content (AvgIpc) is 3.47. The van der Waals surface area contributed by atoms with Crippen molar-refractivity contribution in [3.63, 3.8) is 0 Å². The van der Waals surface area contributed by atoms with Gasteiger partial charge >= 0.3 is 5.63 Å². The Hall–Kier alpha value is -3.38. The Kier molecular flexibility index (Phi) is 5.53. The fourth-order valence-corrected chi connectivity index (χ4v) is 4.40. The summed E-state index contributed by atoms with van der Waals surface area (Å²) >= 11 is 0. The second-order valence-electron chi connectivity index (χ2n) is 8.29. The van der Waals surface area contributed by atoms with Gasteiger partial charge in [-0.05, 0) is 43.4 Å². The molecule has 0 unspecified atom stereocenters. The summed E-state index contributed by atoms with van der Waals surface area (Å²) < 4.78 is 16.9. The summed E-state index contributed by atoms with van der Waals surface area (Å²) in [6, 6.07) is 13.8. The molecule has 1 aliphatic heterocycles. The van der Waals surface area contributed by atoms with Gasteiger partial charge in [0.2, 0.25) is 5.91 Å². The molecule has 0 radical (unpaired) electrons. The van der Waals surface area contributed by atoms with E-state index in [0.717, 1.165) is 46.9 Å². The van der Waals surface area contributed by atoms with Crippen LogP contribution in [0.25, 0.3) is 33.1 Å². The maximum absolute atomic E-state index is 12.6. The van der Waals surface area contributed by atoms with E-state index in [1.165, 1.54) is 0 Å². The van der Waals surface area contributed by atoms with Crippen LogP contribution in [0, 0.1) is 6.92 Å². The van der Waals surface area contributed by atoms with Gasteiger partial charge in [0.25, 0.3) is 0 Å². The molecule has 1 aliphatic rings. The van der Waals surface area contributed by atoms with Crippen molar-refractivity contribution in [3.8, 4) is 11.1 Å². The lowest BCUT2D eigenvalue weighted by molar-refractivity contribution is -0.121. The van der Waals surface area contributed by atoms with Crippen molar-refractivity contribution in [3.05, 3.63) is 70.3 Å². The minimum atomic E-state index is -0.406. The first-order valence-corrected chi connectivity index (χ1v) is 11.0. The lowest BCUT2D eigenvalue weighted by atomic mass is 9.99. The highest BCUT2D eigenvalue weighted by molar-refractivity contribution is 6.02. The minimum absolute atomic E-state index is 0.0870. The van der Waals surface area contributed by atoms with Gasteiger partial charge in [-0.15, -0.1) is 0 Å². The molecule has 32 heavy (non-hydrogen) atoms. The fraction of sp³-hybridized carbons (Fsp3) is 0.308. The van der Waals surface area contributed by atoms with E-state index in [2.05, 4.69) is 5.32 Å². The molecule has 3 heterocycles. The number of hydrogen-bond donors (Lipinski definition) is 1. The summed E-state index contributed by atoms with van der Waals surface area (Å²) in [4.78, 5) is 24.9. The molecule has 0 aliphatic carbocycles. The molecule has 1 fully saturated rings. The van der Waals surface area contributed by atoms with Crippen LogP contribution >= 0.6 is 0 Å². The highest BCUT2D eigenvalue weighted by atomic mass is 16.5. The third-order valence-electron chi connectivity index (χ3n) is 6.22. The molecule has 6 heteroatoms. The monoisotopic (exact) mass is 431 g/mol. The molecule has 164 valence electrons. The molecule has 0 bridgehead atoms. The van der Waals surface area contributed by atoms with Gasteiger partial charge in [0.1, 0.15) is 11.2 Å². The number of hydrogen-bond acceptors (Lipinski definition) is 5. The van der Waals surface area contributed by atoms with Gasteiger partial charge in [-0.1, -0.05) is 30.3 Å². The lowest BCUT2D eigenvalue weighted by Crippen LogP contribution is -2.32. The van der Waals surface area contributed by atoms with Gasteiger partial charge in [-0.2, -0.15) is 0 Å². The molecule has 2 aromatic carbocycles. The average molecular weight is 431 g/mol. The third kappa shape index (κ3) is 3.94.